The Bertz CT molecular complexity index is 1570. The van der Waals surface area contributed by atoms with Gasteiger partial charge < -0.3 is 26.0 Å². The van der Waals surface area contributed by atoms with Crippen LogP contribution in [0.3, 0.4) is 0 Å². The molecule has 2 aliphatic rings. The number of nitrogens with two attached hydrogens (primary N) is 1. The number of hydrogen-bond donors (Lipinski definition) is 3. The number of carbonyl (C=O) groups is 1. The lowest BCUT2D eigenvalue weighted by Gasteiger charge is -2.29. The first-order valence-electron chi connectivity index (χ1n) is 12.2. The van der Waals surface area contributed by atoms with E-state index in [2.05, 4.69) is 25.6 Å². The molecule has 4 heterocycles. The van der Waals surface area contributed by atoms with Crippen LogP contribution in [0.4, 0.5) is 33.1 Å². The Kier molecular flexibility index (Phi) is 5.51. The van der Waals surface area contributed by atoms with Crippen LogP contribution in [-0.4, -0.2) is 40.6 Å². The van der Waals surface area contributed by atoms with Crippen molar-refractivity contribution in [3.05, 3.63) is 53.6 Å². The van der Waals surface area contributed by atoms with Crippen LogP contribution in [0.2, 0.25) is 0 Å². The van der Waals surface area contributed by atoms with Crippen LogP contribution in [0.5, 0.6) is 5.88 Å². The summed E-state index contributed by atoms with van der Waals surface area (Å²) in [5.74, 6) is 0.363. The number of rotatable bonds is 3. The highest BCUT2D eigenvalue weighted by Gasteiger charge is 2.22. The van der Waals surface area contributed by atoms with Gasteiger partial charge in [-0.2, -0.15) is 0 Å². The molecule has 0 atom stereocenters. The summed E-state index contributed by atoms with van der Waals surface area (Å²) in [7, 11) is 0. The molecule has 2 aliphatic heterocycles. The predicted octanol–water partition coefficient (Wildman–Crippen LogP) is 4.57. The van der Waals surface area contributed by atoms with E-state index < -0.39 is 5.82 Å². The van der Waals surface area contributed by atoms with E-state index >= 15 is 4.39 Å². The van der Waals surface area contributed by atoms with E-state index in [-0.39, 0.29) is 11.6 Å². The number of pyridine rings is 1. The maximum Gasteiger partial charge on any atom is 0.237 e. The summed E-state index contributed by atoms with van der Waals surface area (Å²) in [6, 6.07) is 7.52. The molecule has 0 unspecified atom stereocenters. The fourth-order valence-electron chi connectivity index (χ4n) is 5.06. The summed E-state index contributed by atoms with van der Waals surface area (Å²) >= 11 is 0. The molecule has 0 saturated carbocycles. The molecule has 2 aromatic carbocycles. The van der Waals surface area contributed by atoms with Gasteiger partial charge in [0, 0.05) is 60.3 Å². The Morgan fingerprint density at radius 3 is 2.92 bits per heavy atom. The highest BCUT2D eigenvalue weighted by Crippen LogP contribution is 2.39. The zero-order valence-corrected chi connectivity index (χ0v) is 20.6. The average molecular weight is 500 g/mol. The van der Waals surface area contributed by atoms with Crippen molar-refractivity contribution in [3.63, 3.8) is 0 Å². The van der Waals surface area contributed by atoms with E-state index in [9.17, 15) is 4.79 Å². The normalized spacial score (nSPS) is 14.4. The van der Waals surface area contributed by atoms with Crippen molar-refractivity contribution in [2.45, 2.75) is 26.7 Å². The van der Waals surface area contributed by atoms with Gasteiger partial charge in [0.25, 0.3) is 0 Å². The molecule has 0 spiro atoms. The first-order chi connectivity index (χ1) is 17.9. The number of hydrogen-bond acceptors (Lipinski definition) is 8. The predicted molar refractivity (Wildman–Crippen MR) is 142 cm³/mol. The average Bonchev–Trinajstić information content (AvgIpc) is 2.91. The summed E-state index contributed by atoms with van der Waals surface area (Å²) in [6.07, 6.45) is 4.92. The van der Waals surface area contributed by atoms with Crippen LogP contribution in [0.25, 0.3) is 22.0 Å². The van der Waals surface area contributed by atoms with Crippen LogP contribution in [-0.2, 0) is 11.2 Å². The topological polar surface area (TPSA) is 118 Å². The molecule has 37 heavy (non-hydrogen) atoms. The molecule has 9 nitrogen and oxygen atoms in total. The van der Waals surface area contributed by atoms with Crippen molar-refractivity contribution in [3.8, 4) is 17.0 Å². The Labute approximate surface area is 212 Å². The smallest absolute Gasteiger partial charge is 0.237 e. The van der Waals surface area contributed by atoms with Gasteiger partial charge in [0.1, 0.15) is 12.3 Å². The van der Waals surface area contributed by atoms with E-state index in [1.54, 1.807) is 24.1 Å². The highest BCUT2D eigenvalue weighted by molar-refractivity contribution is 5.96. The Balaban J connectivity index is 1.37. The number of nitrogens with zero attached hydrogens (tertiary/aromatic N) is 4. The van der Waals surface area contributed by atoms with Crippen LogP contribution in [0.15, 0.2) is 36.7 Å². The molecule has 0 radical (unpaired) electrons. The summed E-state index contributed by atoms with van der Waals surface area (Å²) in [5, 5.41) is 6.95. The third kappa shape index (κ3) is 3.94. The van der Waals surface area contributed by atoms with Crippen molar-refractivity contribution in [1.82, 2.24) is 15.0 Å². The highest BCUT2D eigenvalue weighted by atomic mass is 19.1. The lowest BCUT2D eigenvalue weighted by atomic mass is 9.98. The molecule has 188 valence electrons. The van der Waals surface area contributed by atoms with Gasteiger partial charge in [-0.25, -0.2) is 19.3 Å². The lowest BCUT2D eigenvalue weighted by Crippen LogP contribution is -2.33. The molecule has 0 aliphatic carbocycles. The molecule has 0 bridgehead atoms. The summed E-state index contributed by atoms with van der Waals surface area (Å²) in [6.45, 7) is 5.39. The van der Waals surface area contributed by atoms with Gasteiger partial charge in [-0.3, -0.25) is 4.79 Å². The minimum atomic E-state index is -0.539. The molecular weight excluding hydrogens is 473 g/mol. The molecule has 2 aromatic heterocycles. The summed E-state index contributed by atoms with van der Waals surface area (Å²) < 4.78 is 21.0. The molecule has 0 saturated heterocycles. The van der Waals surface area contributed by atoms with Crippen molar-refractivity contribution in [2.75, 3.05) is 41.0 Å². The second kappa shape index (κ2) is 8.88. The zero-order valence-electron chi connectivity index (χ0n) is 20.6. The molecule has 0 fully saturated rings. The van der Waals surface area contributed by atoms with Gasteiger partial charge in [0.15, 0.2) is 5.82 Å². The first kappa shape index (κ1) is 23.0. The number of anilines is 5. The third-order valence-corrected chi connectivity index (χ3v) is 6.93. The first-order valence-corrected chi connectivity index (χ1v) is 12.2. The van der Waals surface area contributed by atoms with Gasteiger partial charge in [-0.05, 0) is 55.2 Å². The second-order valence-electron chi connectivity index (χ2n) is 9.27. The summed E-state index contributed by atoms with van der Waals surface area (Å²) in [4.78, 5) is 27.1. The van der Waals surface area contributed by atoms with Gasteiger partial charge in [0.05, 0.1) is 11.2 Å². The Hall–Kier alpha value is -4.47. The van der Waals surface area contributed by atoms with Crippen molar-refractivity contribution in [2.24, 2.45) is 0 Å². The van der Waals surface area contributed by atoms with E-state index in [0.29, 0.717) is 47.0 Å². The monoisotopic (exact) mass is 499 g/mol. The number of carbonyl (C=O) groups excluding carboxylic acids is 1. The lowest BCUT2D eigenvalue weighted by molar-refractivity contribution is -0.116. The van der Waals surface area contributed by atoms with Gasteiger partial charge in [-0.15, -0.1) is 0 Å². The number of halogens is 1. The minimum absolute atomic E-state index is 0.0153. The summed E-state index contributed by atoms with van der Waals surface area (Å²) in [5.41, 5.74) is 12.0. The number of amides is 1. The number of nitrogen functional groups attached to an aromatic ring is 1. The molecule has 4 N–H and O–H groups in total. The van der Waals surface area contributed by atoms with E-state index in [0.717, 1.165) is 47.6 Å². The number of aryl methyl sites for hydroxylation is 1. The molecular formula is C27H26FN7O2. The fourth-order valence-corrected chi connectivity index (χ4v) is 5.06. The quantitative estimate of drug-likeness (QED) is 0.351. The second-order valence-corrected chi connectivity index (χ2v) is 9.27. The SMILES string of the molecule is CC(=O)N1CCCc2cc(Nc3ncc4c(N)c(F)c(-c5cnc6c(c5C)NCCO6)cc4n3)ccc21. The van der Waals surface area contributed by atoms with Crippen LogP contribution in [0, 0.1) is 12.7 Å². The molecule has 4 aromatic rings. The van der Waals surface area contributed by atoms with E-state index in [1.165, 1.54) is 6.20 Å². The van der Waals surface area contributed by atoms with Crippen molar-refractivity contribution >= 4 is 45.5 Å². The fraction of sp³-hybridized carbons (Fsp3) is 0.259. The number of fused-ring (bicyclic) bond motifs is 3. The maximum absolute atomic E-state index is 15.4. The van der Waals surface area contributed by atoms with E-state index in [4.69, 9.17) is 10.5 Å². The Morgan fingerprint density at radius 1 is 1.22 bits per heavy atom. The van der Waals surface area contributed by atoms with Crippen LogP contribution >= 0.6 is 0 Å². The van der Waals surface area contributed by atoms with E-state index in [1.807, 2.05) is 25.1 Å². The number of nitrogens with one attached hydrogen (secondary N) is 2. The van der Waals surface area contributed by atoms with Gasteiger partial charge in [0.2, 0.25) is 17.7 Å². The standard InChI is InChI=1S/C27H26FN7O2/c1-14-19(12-31-26-25(14)30-7-9-37-26)18-11-21-20(24(29)23(18)28)13-32-27(34-21)33-17-5-6-22-16(10-17)4-3-8-35(22)15(2)36/h5-6,10-13,30H,3-4,7-9,29H2,1-2H3,(H,32,33,34). The zero-order chi connectivity index (χ0) is 25.7. The largest absolute Gasteiger partial charge is 0.474 e. The molecule has 6 rings (SSSR count). The van der Waals surface area contributed by atoms with Gasteiger partial charge >= 0.3 is 0 Å². The number of benzene rings is 2. The van der Waals surface area contributed by atoms with Crippen molar-refractivity contribution < 1.29 is 13.9 Å². The van der Waals surface area contributed by atoms with Crippen LogP contribution in [0.1, 0.15) is 24.5 Å². The number of ether oxygens (including phenoxy) is 1. The Morgan fingerprint density at radius 2 is 2.08 bits per heavy atom. The molecule has 1 amide bonds. The molecule has 10 heteroatoms. The maximum atomic E-state index is 15.4. The van der Waals surface area contributed by atoms with Crippen LogP contribution < -0.4 is 26.0 Å². The number of aromatic nitrogens is 3. The van der Waals surface area contributed by atoms with Crippen molar-refractivity contribution in [1.29, 1.82) is 0 Å². The van der Waals surface area contributed by atoms with Gasteiger partial charge in [-0.1, -0.05) is 0 Å². The third-order valence-electron chi connectivity index (χ3n) is 6.93. The minimum Gasteiger partial charge on any atom is -0.474 e.